The summed E-state index contributed by atoms with van der Waals surface area (Å²) in [7, 11) is 0. The van der Waals surface area contributed by atoms with E-state index in [1.165, 1.54) is 6.92 Å². The zero-order chi connectivity index (χ0) is 15.5. The molecule has 0 spiro atoms. The molecule has 6 heteroatoms. The second-order valence-corrected chi connectivity index (χ2v) is 5.16. The number of nitrogens with zero attached hydrogens (tertiary/aromatic N) is 3. The lowest BCUT2D eigenvalue weighted by atomic mass is 10.2. The second kappa shape index (κ2) is 5.99. The lowest BCUT2D eigenvalue weighted by Gasteiger charge is -2.12. The molecule has 0 saturated carbocycles. The first-order chi connectivity index (χ1) is 10.6. The van der Waals surface area contributed by atoms with Crippen molar-refractivity contribution in [2.75, 3.05) is 5.43 Å². The highest BCUT2D eigenvalue weighted by Crippen LogP contribution is 2.21. The van der Waals surface area contributed by atoms with Crippen LogP contribution in [0.15, 0.2) is 54.6 Å². The smallest absolute Gasteiger partial charge is 0.219 e. The maximum absolute atomic E-state index is 11.8. The number of nitrogens with one attached hydrogen (secondary N) is 1. The van der Waals surface area contributed by atoms with Gasteiger partial charge in [-0.05, 0) is 36.4 Å². The Bertz CT molecular complexity index is 797. The van der Waals surface area contributed by atoms with Gasteiger partial charge in [-0.1, -0.05) is 29.8 Å². The first-order valence-electron chi connectivity index (χ1n) is 6.69. The molecule has 0 aliphatic carbocycles. The van der Waals surface area contributed by atoms with Crippen molar-refractivity contribution in [2.24, 2.45) is 0 Å². The zero-order valence-corrected chi connectivity index (χ0v) is 12.6. The largest absolute Gasteiger partial charge is 0.291 e. The third kappa shape index (κ3) is 2.84. The van der Waals surface area contributed by atoms with Gasteiger partial charge in [0.2, 0.25) is 5.82 Å². The molecular formula is C16H13ClN4O. The molecule has 3 aromatic rings. The van der Waals surface area contributed by atoms with Gasteiger partial charge in [0.05, 0.1) is 5.69 Å². The number of hydrogen-bond donors (Lipinski definition) is 1. The molecule has 0 amide bonds. The van der Waals surface area contributed by atoms with Crippen LogP contribution in [0.5, 0.6) is 0 Å². The summed E-state index contributed by atoms with van der Waals surface area (Å²) in [6, 6.07) is 16.7. The van der Waals surface area contributed by atoms with Crippen molar-refractivity contribution in [3.05, 3.63) is 65.4 Å². The standard InChI is InChI=1S/C16H13ClN4O/c1-11(22)15-18-19-16(12-7-9-13(17)10-8-12)21(15)20-14-5-3-2-4-6-14/h2-10,20H,1H3. The molecular weight excluding hydrogens is 300 g/mol. The SMILES string of the molecule is CC(=O)c1nnc(-c2ccc(Cl)cc2)n1Nc1ccccc1. The molecule has 3 rings (SSSR count). The third-order valence-electron chi connectivity index (χ3n) is 3.10. The lowest BCUT2D eigenvalue weighted by molar-refractivity contribution is 0.100. The van der Waals surface area contributed by atoms with Crippen LogP contribution in [0, 0.1) is 0 Å². The van der Waals surface area contributed by atoms with Gasteiger partial charge in [-0.15, -0.1) is 10.2 Å². The number of aromatic nitrogens is 3. The maximum Gasteiger partial charge on any atom is 0.219 e. The molecule has 0 fully saturated rings. The number of carbonyl (C=O) groups excluding carboxylic acids is 1. The first-order valence-corrected chi connectivity index (χ1v) is 7.07. The van der Waals surface area contributed by atoms with Gasteiger partial charge in [-0.3, -0.25) is 10.2 Å². The summed E-state index contributed by atoms with van der Waals surface area (Å²) in [5.41, 5.74) is 4.80. The van der Waals surface area contributed by atoms with Gasteiger partial charge in [-0.25, -0.2) is 4.68 Å². The molecule has 5 nitrogen and oxygen atoms in total. The minimum absolute atomic E-state index is 0.170. The third-order valence-corrected chi connectivity index (χ3v) is 3.35. The summed E-state index contributed by atoms with van der Waals surface area (Å²) in [5, 5.41) is 8.74. The number of para-hydroxylation sites is 1. The van der Waals surface area contributed by atoms with Crippen LogP contribution in [-0.4, -0.2) is 20.7 Å². The van der Waals surface area contributed by atoms with E-state index in [2.05, 4.69) is 15.6 Å². The maximum atomic E-state index is 11.8. The van der Waals surface area contributed by atoms with E-state index in [1.54, 1.807) is 16.8 Å². The van der Waals surface area contributed by atoms with Crippen molar-refractivity contribution in [3.8, 4) is 11.4 Å². The fourth-order valence-corrected chi connectivity index (χ4v) is 2.17. The highest BCUT2D eigenvalue weighted by molar-refractivity contribution is 6.30. The van der Waals surface area contributed by atoms with Crippen LogP contribution in [0.1, 0.15) is 17.5 Å². The van der Waals surface area contributed by atoms with E-state index in [0.717, 1.165) is 11.3 Å². The van der Waals surface area contributed by atoms with Gasteiger partial charge in [0, 0.05) is 17.5 Å². The van der Waals surface area contributed by atoms with Crippen LogP contribution >= 0.6 is 11.6 Å². The lowest BCUT2D eigenvalue weighted by Crippen LogP contribution is -2.16. The van der Waals surface area contributed by atoms with Crippen LogP contribution in [-0.2, 0) is 0 Å². The van der Waals surface area contributed by atoms with Gasteiger partial charge in [-0.2, -0.15) is 0 Å². The molecule has 0 aliphatic rings. The van der Waals surface area contributed by atoms with Gasteiger partial charge < -0.3 is 0 Å². The Morgan fingerprint density at radius 3 is 2.36 bits per heavy atom. The van der Waals surface area contributed by atoms with E-state index in [-0.39, 0.29) is 11.6 Å². The number of halogens is 1. The Kier molecular flexibility index (Phi) is 3.89. The molecule has 1 aromatic heterocycles. The van der Waals surface area contributed by atoms with E-state index >= 15 is 0 Å². The summed E-state index contributed by atoms with van der Waals surface area (Å²) < 4.78 is 1.58. The van der Waals surface area contributed by atoms with Gasteiger partial charge in [0.15, 0.2) is 11.6 Å². The van der Waals surface area contributed by atoms with Crippen molar-refractivity contribution in [3.63, 3.8) is 0 Å². The molecule has 2 aromatic carbocycles. The van der Waals surface area contributed by atoms with Crippen molar-refractivity contribution in [2.45, 2.75) is 6.92 Å². The minimum Gasteiger partial charge on any atom is -0.291 e. The molecule has 1 heterocycles. The molecule has 1 N–H and O–H groups in total. The summed E-state index contributed by atoms with van der Waals surface area (Å²) in [6.07, 6.45) is 0. The van der Waals surface area contributed by atoms with Crippen molar-refractivity contribution < 1.29 is 4.79 Å². The average Bonchev–Trinajstić information content (AvgIpc) is 2.93. The summed E-state index contributed by atoms with van der Waals surface area (Å²) in [6.45, 7) is 1.46. The predicted octanol–water partition coefficient (Wildman–Crippen LogP) is 3.68. The number of Topliss-reactive ketones (excluding diaryl/α,β-unsaturated/α-hetero) is 1. The highest BCUT2D eigenvalue weighted by atomic mass is 35.5. The van der Waals surface area contributed by atoms with E-state index < -0.39 is 0 Å². The summed E-state index contributed by atoms with van der Waals surface area (Å²) in [5.74, 6) is 0.621. The van der Waals surface area contributed by atoms with Gasteiger partial charge in [0.25, 0.3) is 0 Å². The van der Waals surface area contributed by atoms with Crippen LogP contribution in [0.25, 0.3) is 11.4 Å². The Hall–Kier alpha value is -2.66. The molecule has 110 valence electrons. The Labute approximate surface area is 132 Å². The first kappa shape index (κ1) is 14.3. The molecule has 0 saturated heterocycles. The van der Waals surface area contributed by atoms with Crippen molar-refractivity contribution in [1.82, 2.24) is 14.9 Å². The van der Waals surface area contributed by atoms with Crippen molar-refractivity contribution >= 4 is 23.1 Å². The van der Waals surface area contributed by atoms with E-state index in [9.17, 15) is 4.79 Å². The number of carbonyl (C=O) groups is 1. The Morgan fingerprint density at radius 2 is 1.73 bits per heavy atom. The summed E-state index contributed by atoms with van der Waals surface area (Å²) >= 11 is 5.91. The predicted molar refractivity (Wildman–Crippen MR) is 85.9 cm³/mol. The van der Waals surface area contributed by atoms with Gasteiger partial charge in [0.1, 0.15) is 0 Å². The average molecular weight is 313 g/mol. The van der Waals surface area contributed by atoms with Crippen LogP contribution in [0.2, 0.25) is 5.02 Å². The van der Waals surface area contributed by atoms with Crippen LogP contribution in [0.3, 0.4) is 0 Å². The fraction of sp³-hybridized carbons (Fsp3) is 0.0625. The Balaban J connectivity index is 2.07. The van der Waals surface area contributed by atoms with E-state index in [0.29, 0.717) is 10.8 Å². The monoisotopic (exact) mass is 312 g/mol. The zero-order valence-electron chi connectivity index (χ0n) is 11.8. The topological polar surface area (TPSA) is 59.8 Å². The molecule has 22 heavy (non-hydrogen) atoms. The molecule has 0 atom stereocenters. The Morgan fingerprint density at radius 1 is 1.05 bits per heavy atom. The molecule has 0 aliphatic heterocycles. The minimum atomic E-state index is -0.170. The summed E-state index contributed by atoms with van der Waals surface area (Å²) in [4.78, 5) is 11.8. The number of hydrogen-bond acceptors (Lipinski definition) is 4. The normalized spacial score (nSPS) is 10.5. The van der Waals surface area contributed by atoms with Crippen molar-refractivity contribution in [1.29, 1.82) is 0 Å². The quantitative estimate of drug-likeness (QED) is 0.747. The van der Waals surface area contributed by atoms with E-state index in [1.807, 2.05) is 42.5 Å². The number of anilines is 1. The van der Waals surface area contributed by atoms with Crippen LogP contribution in [0.4, 0.5) is 5.69 Å². The second-order valence-electron chi connectivity index (χ2n) is 4.72. The molecule has 0 radical (unpaired) electrons. The van der Waals surface area contributed by atoms with Gasteiger partial charge >= 0.3 is 0 Å². The molecule has 0 unspecified atom stereocenters. The highest BCUT2D eigenvalue weighted by Gasteiger charge is 2.17. The number of rotatable bonds is 4. The fourth-order valence-electron chi connectivity index (χ4n) is 2.05. The van der Waals surface area contributed by atoms with Crippen LogP contribution < -0.4 is 5.43 Å². The molecule has 0 bridgehead atoms. The number of benzene rings is 2. The number of ketones is 1. The van der Waals surface area contributed by atoms with E-state index in [4.69, 9.17) is 11.6 Å².